The average molecular weight is 358 g/mol. The second-order valence-electron chi connectivity index (χ2n) is 5.41. The molecule has 25 heavy (non-hydrogen) atoms. The number of aromatic amines is 1. The predicted octanol–water partition coefficient (Wildman–Crippen LogP) is 3.31. The van der Waals surface area contributed by atoms with Gasteiger partial charge in [-0.1, -0.05) is 48.0 Å². The summed E-state index contributed by atoms with van der Waals surface area (Å²) >= 11 is 5.94. The molecule has 0 aliphatic heterocycles. The summed E-state index contributed by atoms with van der Waals surface area (Å²) in [5, 5.41) is 19.5. The lowest BCUT2D eigenvalue weighted by molar-refractivity contribution is -0.149. The number of ketones is 1. The maximum atomic E-state index is 12.8. The standard InChI is InChI=1S/C18H12ClNO5/c19-10-6-7-11-12(8-10)20-15(13(11)14(17(22)23)18(24)25)16(21)9-4-2-1-3-5-9/h1-8,14,20H,(H,22,23)(H,24,25). The van der Waals surface area contributed by atoms with Crippen LogP contribution in [0.2, 0.25) is 5.02 Å². The summed E-state index contributed by atoms with van der Waals surface area (Å²) in [6.45, 7) is 0. The van der Waals surface area contributed by atoms with Crippen molar-refractivity contribution in [2.24, 2.45) is 0 Å². The molecule has 7 heteroatoms. The number of hydrogen-bond donors (Lipinski definition) is 3. The number of aliphatic carboxylic acids is 2. The highest BCUT2D eigenvalue weighted by Crippen LogP contribution is 2.33. The lowest BCUT2D eigenvalue weighted by Gasteiger charge is -2.09. The minimum Gasteiger partial charge on any atom is -0.480 e. The lowest BCUT2D eigenvalue weighted by Crippen LogP contribution is -2.23. The van der Waals surface area contributed by atoms with Gasteiger partial charge in [-0.3, -0.25) is 14.4 Å². The number of aromatic nitrogens is 1. The van der Waals surface area contributed by atoms with Crippen LogP contribution in [0.5, 0.6) is 0 Å². The van der Waals surface area contributed by atoms with Crippen LogP contribution in [-0.4, -0.2) is 32.9 Å². The van der Waals surface area contributed by atoms with Crippen LogP contribution < -0.4 is 0 Å². The molecule has 0 radical (unpaired) electrons. The molecule has 0 spiro atoms. The highest BCUT2D eigenvalue weighted by Gasteiger charge is 2.35. The maximum Gasteiger partial charge on any atom is 0.322 e. The third-order valence-corrected chi connectivity index (χ3v) is 4.08. The zero-order valence-electron chi connectivity index (χ0n) is 12.7. The predicted molar refractivity (Wildman–Crippen MR) is 91.2 cm³/mol. The van der Waals surface area contributed by atoms with E-state index in [2.05, 4.69) is 4.98 Å². The molecule has 0 fully saturated rings. The lowest BCUT2D eigenvalue weighted by atomic mass is 9.93. The molecule has 126 valence electrons. The van der Waals surface area contributed by atoms with Crippen molar-refractivity contribution in [3.8, 4) is 0 Å². The first-order chi connectivity index (χ1) is 11.9. The van der Waals surface area contributed by atoms with Gasteiger partial charge in [0.2, 0.25) is 5.78 Å². The summed E-state index contributed by atoms with van der Waals surface area (Å²) in [7, 11) is 0. The molecule has 3 rings (SSSR count). The van der Waals surface area contributed by atoms with Crippen molar-refractivity contribution in [1.29, 1.82) is 0 Å². The molecule has 1 heterocycles. The van der Waals surface area contributed by atoms with E-state index in [0.29, 0.717) is 21.5 Å². The van der Waals surface area contributed by atoms with Gasteiger partial charge >= 0.3 is 11.9 Å². The van der Waals surface area contributed by atoms with E-state index in [1.54, 1.807) is 30.3 Å². The summed E-state index contributed by atoms with van der Waals surface area (Å²) < 4.78 is 0. The quantitative estimate of drug-likeness (QED) is 0.479. The summed E-state index contributed by atoms with van der Waals surface area (Å²) in [4.78, 5) is 38.7. The Hall–Kier alpha value is -3.12. The monoisotopic (exact) mass is 357 g/mol. The molecular weight excluding hydrogens is 346 g/mol. The highest BCUT2D eigenvalue weighted by atomic mass is 35.5. The van der Waals surface area contributed by atoms with E-state index >= 15 is 0 Å². The smallest absolute Gasteiger partial charge is 0.322 e. The molecular formula is C18H12ClNO5. The number of carboxylic acid groups (broad SMARTS) is 2. The first-order valence-electron chi connectivity index (χ1n) is 7.26. The van der Waals surface area contributed by atoms with Gasteiger partial charge in [0.1, 0.15) is 0 Å². The van der Waals surface area contributed by atoms with Crippen LogP contribution in [0.4, 0.5) is 0 Å². The molecule has 1 aromatic heterocycles. The Morgan fingerprint density at radius 1 is 0.960 bits per heavy atom. The van der Waals surface area contributed by atoms with Gasteiger partial charge in [0, 0.05) is 27.1 Å². The third kappa shape index (κ3) is 2.99. The summed E-state index contributed by atoms with van der Waals surface area (Å²) in [5.74, 6) is -5.47. The largest absolute Gasteiger partial charge is 0.480 e. The number of rotatable bonds is 5. The van der Waals surface area contributed by atoms with Gasteiger partial charge in [0.05, 0.1) is 5.69 Å². The number of benzene rings is 2. The minimum absolute atomic E-state index is 0.0710. The van der Waals surface area contributed by atoms with E-state index in [9.17, 15) is 24.6 Å². The van der Waals surface area contributed by atoms with Crippen LogP contribution in [-0.2, 0) is 9.59 Å². The third-order valence-electron chi connectivity index (χ3n) is 3.85. The normalized spacial score (nSPS) is 11.0. The number of carbonyl (C=O) groups excluding carboxylic acids is 1. The number of carboxylic acids is 2. The second-order valence-corrected chi connectivity index (χ2v) is 5.84. The second kappa shape index (κ2) is 6.41. The van der Waals surface area contributed by atoms with Gasteiger partial charge in [0.25, 0.3) is 0 Å². The summed E-state index contributed by atoms with van der Waals surface area (Å²) in [6.07, 6.45) is 0. The number of fused-ring (bicyclic) bond motifs is 1. The van der Waals surface area contributed by atoms with Crippen molar-refractivity contribution in [3.63, 3.8) is 0 Å². The van der Waals surface area contributed by atoms with Gasteiger partial charge in [-0.05, 0) is 12.1 Å². The van der Waals surface area contributed by atoms with Crippen LogP contribution in [0, 0.1) is 0 Å². The Kier molecular flexibility index (Phi) is 4.29. The SMILES string of the molecule is O=C(c1ccccc1)c1[nH]c2cc(Cl)ccc2c1C(C(=O)O)C(=O)O. The van der Waals surface area contributed by atoms with Gasteiger partial charge in [-0.15, -0.1) is 0 Å². The van der Waals surface area contributed by atoms with Gasteiger partial charge in [-0.2, -0.15) is 0 Å². The number of nitrogens with one attached hydrogen (secondary N) is 1. The minimum atomic E-state index is -1.88. The molecule has 0 unspecified atom stereocenters. The van der Waals surface area contributed by atoms with Crippen molar-refractivity contribution >= 4 is 40.2 Å². The molecule has 0 atom stereocenters. The van der Waals surface area contributed by atoms with Crippen molar-refractivity contribution in [1.82, 2.24) is 4.98 Å². The van der Waals surface area contributed by atoms with Gasteiger partial charge in [0.15, 0.2) is 5.92 Å². The molecule has 2 aromatic carbocycles. The molecule has 0 saturated heterocycles. The van der Waals surface area contributed by atoms with E-state index in [1.165, 1.54) is 18.2 Å². The van der Waals surface area contributed by atoms with E-state index in [4.69, 9.17) is 11.6 Å². The van der Waals surface area contributed by atoms with E-state index in [-0.39, 0.29) is 11.3 Å². The topological polar surface area (TPSA) is 107 Å². The average Bonchev–Trinajstić information content (AvgIpc) is 2.92. The fourth-order valence-electron chi connectivity index (χ4n) is 2.76. The van der Waals surface area contributed by atoms with Gasteiger partial charge < -0.3 is 15.2 Å². The van der Waals surface area contributed by atoms with Crippen LogP contribution in [0.15, 0.2) is 48.5 Å². The molecule has 0 saturated carbocycles. The Labute approximate surface area is 146 Å². The molecule has 6 nitrogen and oxygen atoms in total. The van der Waals surface area contributed by atoms with Gasteiger partial charge in [-0.25, -0.2) is 0 Å². The van der Waals surface area contributed by atoms with Crippen molar-refractivity contribution in [2.75, 3.05) is 0 Å². The van der Waals surface area contributed by atoms with E-state index in [0.717, 1.165) is 0 Å². The first-order valence-corrected chi connectivity index (χ1v) is 7.64. The molecule has 0 amide bonds. The summed E-state index contributed by atoms with van der Waals surface area (Å²) in [6, 6.07) is 12.7. The van der Waals surface area contributed by atoms with E-state index in [1.807, 2.05) is 0 Å². The molecule has 0 aliphatic rings. The van der Waals surface area contributed by atoms with Crippen LogP contribution in [0.1, 0.15) is 27.5 Å². The fraction of sp³-hybridized carbons (Fsp3) is 0.0556. The Balaban J connectivity index is 2.30. The van der Waals surface area contributed by atoms with Crippen molar-refractivity contribution in [2.45, 2.75) is 5.92 Å². The fourth-order valence-corrected chi connectivity index (χ4v) is 2.93. The number of hydrogen-bond acceptors (Lipinski definition) is 3. The number of carbonyl (C=O) groups is 3. The first kappa shape index (κ1) is 16.7. The summed E-state index contributed by atoms with van der Waals surface area (Å²) in [5.41, 5.74) is 0.559. The molecule has 0 aliphatic carbocycles. The molecule has 0 bridgehead atoms. The van der Waals surface area contributed by atoms with E-state index < -0.39 is 23.6 Å². The van der Waals surface area contributed by atoms with Crippen LogP contribution >= 0.6 is 11.6 Å². The van der Waals surface area contributed by atoms with Crippen molar-refractivity contribution in [3.05, 3.63) is 70.4 Å². The highest BCUT2D eigenvalue weighted by molar-refractivity contribution is 6.31. The molecule has 3 N–H and O–H groups in total. The number of H-pyrrole nitrogens is 1. The zero-order valence-corrected chi connectivity index (χ0v) is 13.4. The Bertz CT molecular complexity index is 979. The Morgan fingerprint density at radius 3 is 2.20 bits per heavy atom. The zero-order chi connectivity index (χ0) is 18.1. The number of halogens is 1. The van der Waals surface area contributed by atoms with Crippen LogP contribution in [0.25, 0.3) is 10.9 Å². The Morgan fingerprint density at radius 2 is 1.60 bits per heavy atom. The van der Waals surface area contributed by atoms with Crippen LogP contribution in [0.3, 0.4) is 0 Å². The maximum absolute atomic E-state index is 12.8. The van der Waals surface area contributed by atoms with Crippen molar-refractivity contribution < 1.29 is 24.6 Å². The molecule has 3 aromatic rings.